The average molecular weight is 438 g/mol. The van der Waals surface area contributed by atoms with Gasteiger partial charge in [0.15, 0.2) is 11.5 Å². The van der Waals surface area contributed by atoms with Crippen molar-refractivity contribution < 1.29 is 19.0 Å². The Morgan fingerprint density at radius 3 is 2.45 bits per heavy atom. The quantitative estimate of drug-likeness (QED) is 0.446. The topological polar surface area (TPSA) is 56.8 Å². The number of rotatable bonds is 8. The summed E-state index contributed by atoms with van der Waals surface area (Å²) in [5, 5.41) is 3.27. The van der Waals surface area contributed by atoms with Crippen LogP contribution >= 0.6 is 11.6 Å². The fourth-order valence-corrected chi connectivity index (χ4v) is 3.13. The van der Waals surface area contributed by atoms with Crippen molar-refractivity contribution in [3.05, 3.63) is 88.5 Å². The van der Waals surface area contributed by atoms with Gasteiger partial charge in [-0.1, -0.05) is 41.9 Å². The Labute approximate surface area is 187 Å². The smallest absolute Gasteiger partial charge is 0.248 e. The summed E-state index contributed by atoms with van der Waals surface area (Å²) >= 11 is 6.00. The van der Waals surface area contributed by atoms with E-state index in [1.165, 1.54) is 18.7 Å². The average Bonchev–Trinajstić information content (AvgIpc) is 2.77. The molecule has 0 aliphatic rings. The lowest BCUT2D eigenvalue weighted by Crippen LogP contribution is -2.08. The van der Waals surface area contributed by atoms with Gasteiger partial charge in [-0.2, -0.15) is 0 Å². The van der Waals surface area contributed by atoms with Crippen molar-refractivity contribution in [3.63, 3.8) is 0 Å². The molecule has 6 heteroatoms. The van der Waals surface area contributed by atoms with Crippen LogP contribution in [-0.2, 0) is 11.4 Å². The summed E-state index contributed by atoms with van der Waals surface area (Å²) in [6.45, 7) is 2.50. The highest BCUT2D eigenvalue weighted by Gasteiger charge is 2.08. The fourth-order valence-electron chi connectivity index (χ4n) is 2.96. The fraction of sp³-hybridized carbons (Fsp3) is 0.160. The molecule has 1 amide bonds. The Balaban J connectivity index is 1.68. The van der Waals surface area contributed by atoms with Gasteiger partial charge in [0.25, 0.3) is 0 Å². The van der Waals surface area contributed by atoms with Crippen LogP contribution in [0.25, 0.3) is 6.08 Å². The highest BCUT2D eigenvalue weighted by molar-refractivity contribution is 6.31. The minimum atomic E-state index is -0.306. The maximum Gasteiger partial charge on any atom is 0.248 e. The minimum absolute atomic E-state index is 0.306. The summed E-state index contributed by atoms with van der Waals surface area (Å²) < 4.78 is 16.6. The van der Waals surface area contributed by atoms with Crippen LogP contribution in [0.2, 0.25) is 5.02 Å². The van der Waals surface area contributed by atoms with Gasteiger partial charge in [0, 0.05) is 11.1 Å². The van der Waals surface area contributed by atoms with Crippen LogP contribution in [0.15, 0.2) is 66.7 Å². The summed E-state index contributed by atoms with van der Waals surface area (Å²) in [6, 6.07) is 18.6. The predicted octanol–water partition coefficient (Wildman–Crippen LogP) is 5.90. The SMILES string of the molecule is COc1ccc(Cl)cc1NC(=O)/C=C/c1ccc(OCc2ccccc2C)c(OC)c1. The Morgan fingerprint density at radius 1 is 0.968 bits per heavy atom. The van der Waals surface area contributed by atoms with Crippen LogP contribution in [0.4, 0.5) is 5.69 Å². The zero-order chi connectivity index (χ0) is 22.2. The maximum absolute atomic E-state index is 12.3. The van der Waals surface area contributed by atoms with Crippen LogP contribution in [0.3, 0.4) is 0 Å². The maximum atomic E-state index is 12.3. The molecule has 5 nitrogen and oxygen atoms in total. The molecule has 160 valence electrons. The first-order valence-corrected chi connectivity index (χ1v) is 10.1. The number of carbonyl (C=O) groups is 1. The van der Waals surface area contributed by atoms with Gasteiger partial charge in [0.05, 0.1) is 19.9 Å². The molecular formula is C25H24ClNO4. The van der Waals surface area contributed by atoms with Gasteiger partial charge in [0.2, 0.25) is 5.91 Å². The molecule has 0 aromatic heterocycles. The molecule has 0 fully saturated rings. The third-order valence-electron chi connectivity index (χ3n) is 4.68. The van der Waals surface area contributed by atoms with Crippen LogP contribution in [-0.4, -0.2) is 20.1 Å². The van der Waals surface area contributed by atoms with Gasteiger partial charge < -0.3 is 19.5 Å². The van der Waals surface area contributed by atoms with E-state index in [-0.39, 0.29) is 5.91 Å². The monoisotopic (exact) mass is 437 g/mol. The molecule has 0 atom stereocenters. The van der Waals surface area contributed by atoms with Crippen molar-refractivity contribution in [3.8, 4) is 17.2 Å². The minimum Gasteiger partial charge on any atom is -0.495 e. The summed E-state index contributed by atoms with van der Waals surface area (Å²) in [6.07, 6.45) is 3.13. The second-order valence-corrected chi connectivity index (χ2v) is 7.23. The molecule has 0 heterocycles. The molecule has 0 saturated carbocycles. The molecular weight excluding hydrogens is 414 g/mol. The Kier molecular flexibility index (Phi) is 7.57. The highest BCUT2D eigenvalue weighted by atomic mass is 35.5. The summed E-state index contributed by atoms with van der Waals surface area (Å²) in [4.78, 5) is 12.3. The van der Waals surface area contributed by atoms with Gasteiger partial charge in [-0.25, -0.2) is 0 Å². The molecule has 3 aromatic carbocycles. The van der Waals surface area contributed by atoms with E-state index in [9.17, 15) is 4.79 Å². The number of anilines is 1. The molecule has 3 rings (SSSR count). The Morgan fingerprint density at radius 2 is 1.71 bits per heavy atom. The summed E-state index contributed by atoms with van der Waals surface area (Å²) in [5.74, 6) is 1.45. The number of hydrogen-bond donors (Lipinski definition) is 1. The molecule has 0 saturated heterocycles. The van der Waals surface area contributed by atoms with Crippen molar-refractivity contribution in [2.75, 3.05) is 19.5 Å². The van der Waals surface area contributed by atoms with Crippen LogP contribution in [0, 0.1) is 6.92 Å². The number of amides is 1. The molecule has 31 heavy (non-hydrogen) atoms. The van der Waals surface area contributed by atoms with Gasteiger partial charge in [-0.15, -0.1) is 0 Å². The number of ether oxygens (including phenoxy) is 3. The first-order valence-electron chi connectivity index (χ1n) is 9.68. The predicted molar refractivity (Wildman–Crippen MR) is 124 cm³/mol. The lowest BCUT2D eigenvalue weighted by Gasteiger charge is -2.12. The third kappa shape index (κ3) is 6.03. The normalized spacial score (nSPS) is 10.7. The molecule has 0 unspecified atom stereocenters. The van der Waals surface area contributed by atoms with Crippen molar-refractivity contribution in [2.45, 2.75) is 13.5 Å². The second-order valence-electron chi connectivity index (χ2n) is 6.79. The molecule has 0 radical (unpaired) electrons. The van der Waals surface area contributed by atoms with Crippen LogP contribution in [0.1, 0.15) is 16.7 Å². The van der Waals surface area contributed by atoms with E-state index in [4.69, 9.17) is 25.8 Å². The molecule has 3 aromatic rings. The van der Waals surface area contributed by atoms with Crippen molar-refractivity contribution in [1.29, 1.82) is 0 Å². The lowest BCUT2D eigenvalue weighted by molar-refractivity contribution is -0.111. The van der Waals surface area contributed by atoms with Crippen molar-refractivity contribution in [2.24, 2.45) is 0 Å². The number of halogens is 1. The number of nitrogens with one attached hydrogen (secondary N) is 1. The zero-order valence-electron chi connectivity index (χ0n) is 17.6. The number of methoxy groups -OCH3 is 2. The van der Waals surface area contributed by atoms with E-state index in [0.717, 1.165) is 11.1 Å². The Hall–Kier alpha value is -3.44. The van der Waals surface area contributed by atoms with Gasteiger partial charge >= 0.3 is 0 Å². The number of hydrogen-bond acceptors (Lipinski definition) is 4. The van der Waals surface area contributed by atoms with E-state index < -0.39 is 0 Å². The van der Waals surface area contributed by atoms with Crippen LogP contribution in [0.5, 0.6) is 17.2 Å². The summed E-state index contributed by atoms with van der Waals surface area (Å²) in [7, 11) is 3.12. The Bertz CT molecular complexity index is 1090. The third-order valence-corrected chi connectivity index (χ3v) is 4.91. The molecule has 0 aliphatic carbocycles. The molecule has 0 spiro atoms. The first kappa shape index (κ1) is 22.2. The highest BCUT2D eigenvalue weighted by Crippen LogP contribution is 2.30. The summed E-state index contributed by atoms with van der Waals surface area (Å²) in [5.41, 5.74) is 3.58. The van der Waals surface area contributed by atoms with Gasteiger partial charge in [-0.05, 0) is 60.0 Å². The molecule has 0 aliphatic heterocycles. The van der Waals surface area contributed by atoms with Crippen molar-refractivity contribution in [1.82, 2.24) is 0 Å². The largest absolute Gasteiger partial charge is 0.495 e. The van der Waals surface area contributed by atoms with Crippen LogP contribution < -0.4 is 19.5 Å². The van der Waals surface area contributed by atoms with E-state index in [1.54, 1.807) is 31.4 Å². The molecule has 1 N–H and O–H groups in total. The lowest BCUT2D eigenvalue weighted by atomic mass is 10.1. The first-order chi connectivity index (χ1) is 15.0. The second kappa shape index (κ2) is 10.5. The van der Waals surface area contributed by atoms with E-state index >= 15 is 0 Å². The van der Waals surface area contributed by atoms with E-state index in [2.05, 4.69) is 5.32 Å². The van der Waals surface area contributed by atoms with Gasteiger partial charge in [0.1, 0.15) is 12.4 Å². The number of benzene rings is 3. The number of carbonyl (C=O) groups excluding carboxylic acids is 1. The van der Waals surface area contributed by atoms with Crippen molar-refractivity contribution >= 4 is 29.3 Å². The standard InChI is InChI=1S/C25H24ClNO4/c1-17-6-4-5-7-19(17)16-31-23-11-8-18(14-24(23)30-3)9-13-25(28)27-21-15-20(26)10-12-22(21)29-2/h4-15H,16H2,1-3H3,(H,27,28)/b13-9+. The number of aryl methyl sites for hydroxylation is 1. The van der Waals surface area contributed by atoms with E-state index in [0.29, 0.717) is 34.6 Å². The zero-order valence-corrected chi connectivity index (χ0v) is 18.4. The van der Waals surface area contributed by atoms with Gasteiger partial charge in [-0.3, -0.25) is 4.79 Å². The molecule has 0 bridgehead atoms. The van der Waals surface area contributed by atoms with E-state index in [1.807, 2.05) is 49.4 Å².